The molecule has 3 aromatic carbocycles. The predicted molar refractivity (Wildman–Crippen MR) is 247 cm³/mol. The number of benzene rings is 3. The molecule has 0 bridgehead atoms. The summed E-state index contributed by atoms with van der Waals surface area (Å²) in [5, 5.41) is 38.5. The molecule has 7 nitrogen and oxygen atoms in total. The Morgan fingerprint density at radius 1 is 0.656 bits per heavy atom. The molecule has 10 atom stereocenters. The second kappa shape index (κ2) is 23.6. The largest absolute Gasteiger partial charge is 0.481 e. The van der Waals surface area contributed by atoms with Crippen molar-refractivity contribution in [3.05, 3.63) is 130 Å². The molecule has 6 rings (SSSR count). The van der Waals surface area contributed by atoms with Gasteiger partial charge in [0.1, 0.15) is 5.76 Å². The number of carbonyl (C=O) groups is 2. The van der Waals surface area contributed by atoms with Crippen LogP contribution in [0.15, 0.2) is 89.3 Å². The molecule has 4 N–H and O–H groups in total. The first-order valence-electron chi connectivity index (χ1n) is 21.9. The zero-order chi connectivity index (χ0) is 44.2. The van der Waals surface area contributed by atoms with Gasteiger partial charge in [0.15, 0.2) is 0 Å². The zero-order valence-electron chi connectivity index (χ0n) is 35.4. The summed E-state index contributed by atoms with van der Waals surface area (Å²) in [4.78, 5) is 21.8. The molecule has 332 valence electrons. The molecule has 2 fully saturated rings. The van der Waals surface area contributed by atoms with E-state index in [2.05, 4.69) is 57.2 Å². The Labute approximate surface area is 381 Å². The number of halogens is 4. The maximum atomic E-state index is 11.0. The van der Waals surface area contributed by atoms with E-state index in [9.17, 15) is 19.8 Å². The average Bonchev–Trinajstić information content (AvgIpc) is 3.91. The Morgan fingerprint density at radius 3 is 1.70 bits per heavy atom. The highest BCUT2D eigenvalue weighted by Gasteiger charge is 2.44. The number of hydrogen-bond donors (Lipinski definition) is 4. The Balaban J connectivity index is 0.000000231. The standard InChI is InChI=1S/C26H32Cl2O3.C24H30Cl2O4/c1-2-3-4-5-23(29)18-11-13-20(14-12-18)26-22(28)16-21(27)25(26)19-9-6-17(7-10-19)8-15-24(30)31;1-14(2)12-21(27)15-6-8-16(9-7-15)23-18(19(25)13-20(23)26)5-3-4-17-10-11-22(30-17)24(28)29/h6-7,9-14,21-23,25-26,29H,2-5,8,15-16H2,1H3,(H,30,31);6-11,14,18-21,23,27H,3-5,12-13H2,1-2H3,(H,28,29). The summed E-state index contributed by atoms with van der Waals surface area (Å²) in [7, 11) is 0. The molecule has 10 unspecified atom stereocenters. The number of carboxylic acids is 2. The van der Waals surface area contributed by atoms with Gasteiger partial charge in [-0.15, -0.1) is 46.4 Å². The van der Waals surface area contributed by atoms with Crippen LogP contribution in [0.3, 0.4) is 0 Å². The predicted octanol–water partition coefficient (Wildman–Crippen LogP) is 13.2. The topological polar surface area (TPSA) is 128 Å². The van der Waals surface area contributed by atoms with Crippen LogP contribution in [0.5, 0.6) is 0 Å². The Bertz CT molecular complexity index is 1950. The fourth-order valence-electron chi connectivity index (χ4n) is 9.15. The molecule has 0 amide bonds. The second-order valence-corrected chi connectivity index (χ2v) is 19.6. The summed E-state index contributed by atoms with van der Waals surface area (Å²) in [5.41, 5.74) is 6.34. The van der Waals surface area contributed by atoms with Crippen LogP contribution in [0.25, 0.3) is 0 Å². The van der Waals surface area contributed by atoms with Gasteiger partial charge in [0.2, 0.25) is 5.76 Å². The summed E-state index contributed by atoms with van der Waals surface area (Å²) in [6.07, 6.45) is 8.54. The molecule has 0 aliphatic heterocycles. The summed E-state index contributed by atoms with van der Waals surface area (Å²) in [6, 6.07) is 27.7. The molecule has 61 heavy (non-hydrogen) atoms. The highest BCUT2D eigenvalue weighted by molar-refractivity contribution is 6.26. The van der Waals surface area contributed by atoms with Crippen molar-refractivity contribution < 1.29 is 34.4 Å². The smallest absolute Gasteiger partial charge is 0.371 e. The van der Waals surface area contributed by atoms with Crippen LogP contribution >= 0.6 is 46.4 Å². The molecule has 11 heteroatoms. The van der Waals surface area contributed by atoms with Gasteiger partial charge in [0, 0.05) is 52.1 Å². The Kier molecular flexibility index (Phi) is 18.9. The number of furan rings is 1. The number of hydrogen-bond acceptors (Lipinski definition) is 5. The molecule has 0 radical (unpaired) electrons. The minimum atomic E-state index is -1.05. The number of aliphatic carboxylic acids is 1. The van der Waals surface area contributed by atoms with Crippen molar-refractivity contribution in [1.29, 1.82) is 0 Å². The number of rotatable bonds is 19. The van der Waals surface area contributed by atoms with E-state index in [0.29, 0.717) is 24.5 Å². The monoisotopic (exact) mass is 914 g/mol. The molecule has 1 heterocycles. The normalized spacial score (nSPS) is 24.6. The number of unbranched alkanes of at least 4 members (excludes halogenated alkanes) is 2. The van der Waals surface area contributed by atoms with Crippen molar-refractivity contribution in [2.24, 2.45) is 11.8 Å². The second-order valence-electron chi connectivity index (χ2n) is 17.4. The minimum Gasteiger partial charge on any atom is -0.481 e. The van der Waals surface area contributed by atoms with Crippen molar-refractivity contribution in [3.63, 3.8) is 0 Å². The lowest BCUT2D eigenvalue weighted by molar-refractivity contribution is -0.136. The highest BCUT2D eigenvalue weighted by atomic mass is 35.5. The van der Waals surface area contributed by atoms with E-state index >= 15 is 0 Å². The van der Waals surface area contributed by atoms with Gasteiger partial charge in [0.05, 0.1) is 12.2 Å². The summed E-state index contributed by atoms with van der Waals surface area (Å²) < 4.78 is 5.35. The lowest BCUT2D eigenvalue weighted by Gasteiger charge is -2.25. The quantitative estimate of drug-likeness (QED) is 0.0545. The highest BCUT2D eigenvalue weighted by Crippen LogP contribution is 2.51. The number of aliphatic hydroxyl groups is 2. The van der Waals surface area contributed by atoms with Gasteiger partial charge in [-0.05, 0) is 102 Å². The third-order valence-electron chi connectivity index (χ3n) is 12.4. The molecular formula is C50H62Cl4O7. The number of aryl methyl sites for hydroxylation is 2. The first-order valence-corrected chi connectivity index (χ1v) is 23.7. The van der Waals surface area contributed by atoms with Gasteiger partial charge in [-0.2, -0.15) is 0 Å². The van der Waals surface area contributed by atoms with Crippen LogP contribution < -0.4 is 0 Å². The van der Waals surface area contributed by atoms with E-state index in [1.807, 2.05) is 36.4 Å². The van der Waals surface area contributed by atoms with Gasteiger partial charge < -0.3 is 24.8 Å². The SMILES string of the molecule is CC(C)CC(O)c1ccc(C2C(Cl)CC(Cl)C2CCCc2ccc(C(=O)O)o2)cc1.CCCCCC(O)c1ccc(C2C(Cl)CC(Cl)C2c2ccc(CCC(=O)O)cc2)cc1. The van der Waals surface area contributed by atoms with E-state index in [4.69, 9.17) is 61.0 Å². The first-order chi connectivity index (χ1) is 29.2. The van der Waals surface area contributed by atoms with Gasteiger partial charge in [-0.3, -0.25) is 4.79 Å². The van der Waals surface area contributed by atoms with Crippen LogP contribution in [0.4, 0.5) is 0 Å². The van der Waals surface area contributed by atoms with E-state index in [-0.39, 0.29) is 57.4 Å². The molecule has 2 aliphatic rings. The Hall–Kier alpha value is -3.04. The van der Waals surface area contributed by atoms with Gasteiger partial charge in [-0.25, -0.2) is 4.79 Å². The van der Waals surface area contributed by atoms with Crippen molar-refractivity contribution >= 4 is 58.3 Å². The molecular weight excluding hydrogens is 854 g/mol. The minimum absolute atomic E-state index is 0.00916. The fraction of sp³-hybridized carbons (Fsp3) is 0.520. The maximum Gasteiger partial charge on any atom is 0.371 e. The molecule has 2 aliphatic carbocycles. The number of aliphatic hydroxyl groups excluding tert-OH is 2. The van der Waals surface area contributed by atoms with Gasteiger partial charge >= 0.3 is 11.9 Å². The van der Waals surface area contributed by atoms with Crippen LogP contribution in [0.1, 0.15) is 165 Å². The molecule has 1 aromatic heterocycles. The molecule has 2 saturated carbocycles. The molecule has 0 spiro atoms. The van der Waals surface area contributed by atoms with Crippen LogP contribution in [-0.4, -0.2) is 53.9 Å². The van der Waals surface area contributed by atoms with Crippen molar-refractivity contribution in [3.8, 4) is 0 Å². The maximum absolute atomic E-state index is 11.0. The van der Waals surface area contributed by atoms with Crippen molar-refractivity contribution in [2.75, 3.05) is 0 Å². The van der Waals surface area contributed by atoms with E-state index in [1.54, 1.807) is 6.07 Å². The van der Waals surface area contributed by atoms with Crippen molar-refractivity contribution in [2.45, 2.75) is 149 Å². The third kappa shape index (κ3) is 13.7. The fourth-order valence-corrected chi connectivity index (χ4v) is 11.3. The summed E-state index contributed by atoms with van der Waals surface area (Å²) in [5.74, 6) is -0.151. The van der Waals surface area contributed by atoms with Gasteiger partial charge in [0.25, 0.3) is 0 Å². The third-order valence-corrected chi connectivity index (χ3v) is 14.2. The lowest BCUT2D eigenvalue weighted by Crippen LogP contribution is -2.17. The van der Waals surface area contributed by atoms with Gasteiger partial charge in [-0.1, -0.05) is 113 Å². The van der Waals surface area contributed by atoms with Crippen molar-refractivity contribution in [1.82, 2.24) is 0 Å². The Morgan fingerprint density at radius 2 is 1.18 bits per heavy atom. The zero-order valence-corrected chi connectivity index (χ0v) is 38.5. The van der Waals surface area contributed by atoms with E-state index in [1.165, 1.54) is 6.07 Å². The lowest BCUT2D eigenvalue weighted by atomic mass is 9.83. The number of aromatic carboxylic acids is 1. The van der Waals surface area contributed by atoms with Crippen LogP contribution in [0, 0.1) is 11.8 Å². The van der Waals surface area contributed by atoms with E-state index in [0.717, 1.165) is 91.2 Å². The van der Waals surface area contributed by atoms with Crippen LogP contribution in [0.2, 0.25) is 0 Å². The summed E-state index contributed by atoms with van der Waals surface area (Å²) >= 11 is 26.8. The van der Waals surface area contributed by atoms with Crippen LogP contribution in [-0.2, 0) is 17.6 Å². The average molecular weight is 917 g/mol. The molecule has 0 saturated heterocycles. The first kappa shape index (κ1) is 49.0. The summed E-state index contributed by atoms with van der Waals surface area (Å²) in [6.45, 7) is 6.37. The van der Waals surface area contributed by atoms with E-state index < -0.39 is 24.1 Å². The number of alkyl halides is 4. The number of carboxylic acid groups (broad SMARTS) is 2. The molecule has 4 aromatic rings.